The second kappa shape index (κ2) is 8.29. The van der Waals surface area contributed by atoms with Gasteiger partial charge in [0.2, 0.25) is 0 Å². The van der Waals surface area contributed by atoms with Crippen LogP contribution in [0.5, 0.6) is 0 Å². The Bertz CT molecular complexity index is 688. The fourth-order valence-corrected chi connectivity index (χ4v) is 2.21. The second-order valence-electron chi connectivity index (χ2n) is 6.51. The third-order valence-electron chi connectivity index (χ3n) is 3.20. The van der Waals surface area contributed by atoms with Crippen LogP contribution in [0, 0.1) is 0 Å². The zero-order valence-corrected chi connectivity index (χ0v) is 14.6. The van der Waals surface area contributed by atoms with Crippen LogP contribution in [0.25, 0.3) is 0 Å². The maximum atomic E-state index is 12.2. The SMILES string of the molecule is CC(C)(C)OC(=O)/C=C\C(=O)OC(c1ccccc1)c1ccccc1. The predicted molar refractivity (Wildman–Crippen MR) is 95.8 cm³/mol. The van der Waals surface area contributed by atoms with Crippen molar-refractivity contribution in [3.63, 3.8) is 0 Å². The molecule has 2 rings (SSSR count). The third-order valence-corrected chi connectivity index (χ3v) is 3.20. The van der Waals surface area contributed by atoms with E-state index in [1.165, 1.54) is 0 Å². The molecule has 0 radical (unpaired) electrons. The van der Waals surface area contributed by atoms with Crippen LogP contribution in [0.1, 0.15) is 38.0 Å². The van der Waals surface area contributed by atoms with Gasteiger partial charge in [0.25, 0.3) is 0 Å². The van der Waals surface area contributed by atoms with Crippen molar-refractivity contribution in [2.75, 3.05) is 0 Å². The summed E-state index contributed by atoms with van der Waals surface area (Å²) in [6.07, 6.45) is 1.63. The van der Waals surface area contributed by atoms with Gasteiger partial charge in [0.15, 0.2) is 6.10 Å². The van der Waals surface area contributed by atoms with Crippen LogP contribution in [0.15, 0.2) is 72.8 Å². The largest absolute Gasteiger partial charge is 0.457 e. The number of carbonyl (C=O) groups excluding carboxylic acids is 2. The van der Waals surface area contributed by atoms with Gasteiger partial charge in [0.1, 0.15) is 5.60 Å². The zero-order chi connectivity index (χ0) is 18.3. The number of carbonyl (C=O) groups is 2. The van der Waals surface area contributed by atoms with Crippen molar-refractivity contribution < 1.29 is 19.1 Å². The van der Waals surface area contributed by atoms with Gasteiger partial charge in [-0.2, -0.15) is 0 Å². The van der Waals surface area contributed by atoms with E-state index in [9.17, 15) is 9.59 Å². The number of hydrogen-bond donors (Lipinski definition) is 0. The maximum Gasteiger partial charge on any atom is 0.331 e. The topological polar surface area (TPSA) is 52.6 Å². The maximum absolute atomic E-state index is 12.2. The fourth-order valence-electron chi connectivity index (χ4n) is 2.21. The van der Waals surface area contributed by atoms with E-state index in [4.69, 9.17) is 9.47 Å². The second-order valence-corrected chi connectivity index (χ2v) is 6.51. The average molecular weight is 338 g/mol. The summed E-state index contributed by atoms with van der Waals surface area (Å²) in [6, 6.07) is 18.9. The fraction of sp³-hybridized carbons (Fsp3) is 0.238. The van der Waals surface area contributed by atoms with E-state index >= 15 is 0 Å². The summed E-state index contributed by atoms with van der Waals surface area (Å²) in [5, 5.41) is 0. The lowest BCUT2D eigenvalue weighted by atomic mass is 10.0. The monoisotopic (exact) mass is 338 g/mol. The Morgan fingerprint density at radius 1 is 0.800 bits per heavy atom. The minimum Gasteiger partial charge on any atom is -0.457 e. The molecule has 0 aliphatic carbocycles. The van der Waals surface area contributed by atoms with Crippen LogP contribution in [-0.2, 0) is 19.1 Å². The zero-order valence-electron chi connectivity index (χ0n) is 14.6. The van der Waals surface area contributed by atoms with E-state index in [0.717, 1.165) is 23.3 Å². The third kappa shape index (κ3) is 6.26. The van der Waals surface area contributed by atoms with Gasteiger partial charge in [-0.15, -0.1) is 0 Å². The Balaban J connectivity index is 2.12. The molecule has 25 heavy (non-hydrogen) atoms. The molecule has 2 aromatic rings. The Hall–Kier alpha value is -2.88. The molecule has 130 valence electrons. The van der Waals surface area contributed by atoms with Crippen molar-refractivity contribution >= 4 is 11.9 Å². The molecule has 0 spiro atoms. The smallest absolute Gasteiger partial charge is 0.331 e. The Kier molecular flexibility index (Phi) is 6.12. The highest BCUT2D eigenvalue weighted by Gasteiger charge is 2.18. The van der Waals surface area contributed by atoms with Gasteiger partial charge in [0.05, 0.1) is 0 Å². The highest BCUT2D eigenvalue weighted by Crippen LogP contribution is 2.26. The highest BCUT2D eigenvalue weighted by molar-refractivity contribution is 5.92. The highest BCUT2D eigenvalue weighted by atomic mass is 16.6. The van der Waals surface area contributed by atoms with Gasteiger partial charge in [-0.25, -0.2) is 9.59 Å². The molecule has 0 heterocycles. The Morgan fingerprint density at radius 3 is 1.68 bits per heavy atom. The van der Waals surface area contributed by atoms with Crippen molar-refractivity contribution in [2.45, 2.75) is 32.5 Å². The van der Waals surface area contributed by atoms with Gasteiger partial charge >= 0.3 is 11.9 Å². The van der Waals surface area contributed by atoms with Crippen molar-refractivity contribution in [3.05, 3.63) is 83.9 Å². The van der Waals surface area contributed by atoms with E-state index in [1.54, 1.807) is 20.8 Å². The molecule has 0 saturated heterocycles. The normalized spacial score (nSPS) is 11.5. The van der Waals surface area contributed by atoms with E-state index in [2.05, 4.69) is 0 Å². The minimum absolute atomic E-state index is 0.543. The molecule has 0 unspecified atom stereocenters. The molecule has 4 heteroatoms. The number of ether oxygens (including phenoxy) is 2. The molecule has 0 aliphatic heterocycles. The lowest BCUT2D eigenvalue weighted by Gasteiger charge is -2.19. The van der Waals surface area contributed by atoms with E-state index in [1.807, 2.05) is 60.7 Å². The van der Waals surface area contributed by atoms with Crippen LogP contribution < -0.4 is 0 Å². The van der Waals surface area contributed by atoms with Crippen molar-refractivity contribution in [3.8, 4) is 0 Å². The van der Waals surface area contributed by atoms with Crippen molar-refractivity contribution in [1.29, 1.82) is 0 Å². The van der Waals surface area contributed by atoms with Crippen LogP contribution >= 0.6 is 0 Å². The quantitative estimate of drug-likeness (QED) is 0.605. The predicted octanol–water partition coefficient (Wildman–Crippen LogP) is 4.22. The van der Waals surface area contributed by atoms with Crippen molar-refractivity contribution in [1.82, 2.24) is 0 Å². The number of hydrogen-bond acceptors (Lipinski definition) is 4. The van der Waals surface area contributed by atoms with E-state index < -0.39 is 23.6 Å². The molecule has 0 N–H and O–H groups in total. The molecular formula is C21H22O4. The summed E-state index contributed by atoms with van der Waals surface area (Å²) < 4.78 is 10.7. The molecule has 0 aromatic heterocycles. The van der Waals surface area contributed by atoms with Gasteiger partial charge in [-0.3, -0.25) is 0 Å². The first kappa shape index (κ1) is 18.5. The van der Waals surface area contributed by atoms with E-state index in [-0.39, 0.29) is 0 Å². The van der Waals surface area contributed by atoms with Crippen LogP contribution in [0.4, 0.5) is 0 Å². The summed E-state index contributed by atoms with van der Waals surface area (Å²) >= 11 is 0. The molecule has 4 nitrogen and oxygen atoms in total. The Morgan fingerprint density at radius 2 is 1.24 bits per heavy atom. The molecule has 0 aliphatic rings. The summed E-state index contributed by atoms with van der Waals surface area (Å²) in [6.45, 7) is 5.29. The summed E-state index contributed by atoms with van der Waals surface area (Å²) in [4.78, 5) is 23.8. The molecular weight excluding hydrogens is 316 g/mol. The molecule has 2 aromatic carbocycles. The van der Waals surface area contributed by atoms with Gasteiger partial charge < -0.3 is 9.47 Å². The van der Waals surface area contributed by atoms with Gasteiger partial charge in [0, 0.05) is 12.2 Å². The number of rotatable bonds is 5. The van der Waals surface area contributed by atoms with E-state index in [0.29, 0.717) is 0 Å². The first-order chi connectivity index (χ1) is 11.8. The molecule has 0 amide bonds. The lowest BCUT2D eigenvalue weighted by molar-refractivity contribution is -0.149. The summed E-state index contributed by atoms with van der Waals surface area (Å²) in [5.74, 6) is -1.19. The molecule has 0 saturated carbocycles. The first-order valence-corrected chi connectivity index (χ1v) is 8.07. The standard InChI is InChI=1S/C21H22O4/c1-21(2,3)25-19(23)15-14-18(22)24-20(16-10-6-4-7-11-16)17-12-8-5-9-13-17/h4-15,20H,1-3H3/b15-14-. The Labute approximate surface area is 148 Å². The van der Waals surface area contributed by atoms with Gasteiger partial charge in [-0.1, -0.05) is 60.7 Å². The van der Waals surface area contributed by atoms with Crippen LogP contribution in [0.3, 0.4) is 0 Å². The average Bonchev–Trinajstić information content (AvgIpc) is 2.58. The minimum atomic E-state index is -0.609. The first-order valence-electron chi connectivity index (χ1n) is 8.07. The molecule has 0 bridgehead atoms. The lowest BCUT2D eigenvalue weighted by Crippen LogP contribution is -2.22. The number of esters is 2. The van der Waals surface area contributed by atoms with Crippen molar-refractivity contribution in [2.24, 2.45) is 0 Å². The molecule has 0 fully saturated rings. The molecule has 0 atom stereocenters. The summed E-state index contributed by atoms with van der Waals surface area (Å²) in [5.41, 5.74) is 1.10. The van der Waals surface area contributed by atoms with Crippen LogP contribution in [-0.4, -0.2) is 17.5 Å². The van der Waals surface area contributed by atoms with Crippen LogP contribution in [0.2, 0.25) is 0 Å². The number of benzene rings is 2. The van der Waals surface area contributed by atoms with Gasteiger partial charge in [-0.05, 0) is 31.9 Å². The summed E-state index contributed by atoms with van der Waals surface area (Å²) in [7, 11) is 0.